The lowest BCUT2D eigenvalue weighted by Crippen LogP contribution is -2.30. The molecule has 0 radical (unpaired) electrons. The maximum Gasteiger partial charge on any atom is 0.262 e. The van der Waals surface area contributed by atoms with Crippen LogP contribution in [-0.4, -0.2) is 27.0 Å². The first kappa shape index (κ1) is 20.5. The molecule has 0 bridgehead atoms. The van der Waals surface area contributed by atoms with E-state index < -0.39 is 15.9 Å². The van der Waals surface area contributed by atoms with Crippen LogP contribution in [0.3, 0.4) is 0 Å². The van der Waals surface area contributed by atoms with Crippen molar-refractivity contribution in [3.8, 4) is 5.75 Å². The molecule has 0 aliphatic heterocycles. The number of amides is 1. The molecular weight excluding hydrogens is 399 g/mol. The molecule has 0 aliphatic rings. The third kappa shape index (κ3) is 5.60. The van der Waals surface area contributed by atoms with Gasteiger partial charge in [-0.1, -0.05) is 29.3 Å². The van der Waals surface area contributed by atoms with Gasteiger partial charge in [0.2, 0.25) is 10.0 Å². The first-order chi connectivity index (χ1) is 12.2. The minimum absolute atomic E-state index is 0.119. The average molecular weight is 417 g/mol. The Hall–Kier alpha value is -1.80. The lowest BCUT2D eigenvalue weighted by molar-refractivity contribution is -0.118. The summed E-state index contributed by atoms with van der Waals surface area (Å²) in [5, 5.41) is 3.17. The molecule has 0 atom stereocenters. The minimum Gasteiger partial charge on any atom is -0.484 e. The van der Waals surface area contributed by atoms with Crippen molar-refractivity contribution < 1.29 is 17.9 Å². The molecule has 0 aliphatic carbocycles. The number of carbonyl (C=O) groups is 1. The van der Waals surface area contributed by atoms with Crippen LogP contribution in [0.5, 0.6) is 5.75 Å². The van der Waals surface area contributed by atoms with Crippen LogP contribution in [0, 0.1) is 0 Å². The number of carbonyl (C=O) groups excluding carboxylic acids is 1. The standard InChI is InChI=1S/C17H18Cl2N2O4S/c1-11(2)21-26(23,24)13-8-6-12(7-9-13)25-10-16(22)20-15-5-3-4-14(18)17(15)19/h3-9,11,21H,10H2,1-2H3,(H,20,22). The monoisotopic (exact) mass is 416 g/mol. The Balaban J connectivity index is 1.95. The van der Waals surface area contributed by atoms with E-state index in [2.05, 4.69) is 10.0 Å². The number of benzene rings is 2. The molecule has 2 rings (SSSR count). The highest BCUT2D eigenvalue weighted by Gasteiger charge is 2.15. The molecule has 26 heavy (non-hydrogen) atoms. The fourth-order valence-corrected chi connectivity index (χ4v) is 3.63. The first-order valence-electron chi connectivity index (χ1n) is 7.68. The maximum absolute atomic E-state index is 12.0. The van der Waals surface area contributed by atoms with Gasteiger partial charge in [-0.3, -0.25) is 4.79 Å². The summed E-state index contributed by atoms with van der Waals surface area (Å²) in [7, 11) is -3.57. The number of nitrogens with one attached hydrogen (secondary N) is 2. The highest BCUT2D eigenvalue weighted by atomic mass is 35.5. The average Bonchev–Trinajstić information content (AvgIpc) is 2.56. The normalized spacial score (nSPS) is 11.4. The van der Waals surface area contributed by atoms with Crippen molar-refractivity contribution >= 4 is 44.8 Å². The summed E-state index contributed by atoms with van der Waals surface area (Å²) < 4.78 is 31.9. The number of sulfonamides is 1. The highest BCUT2D eigenvalue weighted by Crippen LogP contribution is 2.29. The number of hydrogen-bond acceptors (Lipinski definition) is 4. The van der Waals surface area contributed by atoms with Crippen LogP contribution in [-0.2, 0) is 14.8 Å². The molecule has 0 heterocycles. The zero-order valence-electron chi connectivity index (χ0n) is 14.1. The van der Waals surface area contributed by atoms with Gasteiger partial charge < -0.3 is 10.1 Å². The molecular formula is C17H18Cl2N2O4S. The van der Waals surface area contributed by atoms with Crippen LogP contribution in [0.15, 0.2) is 47.4 Å². The van der Waals surface area contributed by atoms with Gasteiger partial charge in [-0.05, 0) is 50.2 Å². The lowest BCUT2D eigenvalue weighted by Gasteiger charge is -2.11. The second-order valence-electron chi connectivity index (χ2n) is 5.69. The van der Waals surface area contributed by atoms with Crippen LogP contribution in [0.4, 0.5) is 5.69 Å². The topological polar surface area (TPSA) is 84.5 Å². The molecule has 1 amide bonds. The van der Waals surface area contributed by atoms with E-state index in [9.17, 15) is 13.2 Å². The molecule has 2 N–H and O–H groups in total. The van der Waals surface area contributed by atoms with Gasteiger partial charge in [-0.25, -0.2) is 13.1 Å². The predicted molar refractivity (Wildman–Crippen MR) is 102 cm³/mol. The van der Waals surface area contributed by atoms with E-state index in [0.29, 0.717) is 16.5 Å². The Morgan fingerprint density at radius 1 is 1.12 bits per heavy atom. The van der Waals surface area contributed by atoms with Crippen LogP contribution in [0.2, 0.25) is 10.0 Å². The highest BCUT2D eigenvalue weighted by molar-refractivity contribution is 7.89. The van der Waals surface area contributed by atoms with Gasteiger partial charge in [-0.2, -0.15) is 0 Å². The lowest BCUT2D eigenvalue weighted by atomic mass is 10.3. The van der Waals surface area contributed by atoms with E-state index in [1.165, 1.54) is 24.3 Å². The zero-order chi connectivity index (χ0) is 19.3. The smallest absolute Gasteiger partial charge is 0.262 e. The van der Waals surface area contributed by atoms with Crippen molar-refractivity contribution in [2.45, 2.75) is 24.8 Å². The van der Waals surface area contributed by atoms with E-state index in [1.54, 1.807) is 32.0 Å². The SMILES string of the molecule is CC(C)NS(=O)(=O)c1ccc(OCC(=O)Nc2cccc(Cl)c2Cl)cc1. The first-order valence-corrected chi connectivity index (χ1v) is 9.92. The van der Waals surface area contributed by atoms with Gasteiger partial charge in [0, 0.05) is 6.04 Å². The van der Waals surface area contributed by atoms with Crippen molar-refractivity contribution in [2.24, 2.45) is 0 Å². The third-order valence-corrected chi connectivity index (χ3v) is 5.61. The van der Waals surface area contributed by atoms with Gasteiger partial charge in [0.05, 0.1) is 20.6 Å². The van der Waals surface area contributed by atoms with Gasteiger partial charge >= 0.3 is 0 Å². The Kier molecular flexibility index (Phi) is 6.88. The Morgan fingerprint density at radius 3 is 2.38 bits per heavy atom. The Bertz CT molecular complexity index is 884. The molecule has 0 unspecified atom stereocenters. The second-order valence-corrected chi connectivity index (χ2v) is 8.18. The molecule has 6 nitrogen and oxygen atoms in total. The molecule has 0 spiro atoms. The van der Waals surface area contributed by atoms with Crippen LogP contribution < -0.4 is 14.8 Å². The van der Waals surface area contributed by atoms with Crippen LogP contribution >= 0.6 is 23.2 Å². The predicted octanol–water partition coefficient (Wildman–Crippen LogP) is 3.70. The van der Waals surface area contributed by atoms with Crippen molar-refractivity contribution in [3.05, 3.63) is 52.5 Å². The van der Waals surface area contributed by atoms with Crippen molar-refractivity contribution in [2.75, 3.05) is 11.9 Å². The number of halogens is 2. The van der Waals surface area contributed by atoms with Gasteiger partial charge in [-0.15, -0.1) is 0 Å². The summed E-state index contributed by atoms with van der Waals surface area (Å²) in [5.74, 6) is -0.0619. The summed E-state index contributed by atoms with van der Waals surface area (Å²) in [6.07, 6.45) is 0. The molecule has 0 saturated carbocycles. The Labute approximate surface area is 162 Å². The van der Waals surface area contributed by atoms with E-state index in [-0.39, 0.29) is 22.6 Å². The van der Waals surface area contributed by atoms with E-state index in [1.807, 2.05) is 0 Å². The Morgan fingerprint density at radius 2 is 1.77 bits per heavy atom. The van der Waals surface area contributed by atoms with Crippen LogP contribution in [0.25, 0.3) is 0 Å². The molecule has 0 saturated heterocycles. The van der Waals surface area contributed by atoms with E-state index >= 15 is 0 Å². The molecule has 0 aromatic heterocycles. The second kappa shape index (κ2) is 8.73. The molecule has 2 aromatic carbocycles. The van der Waals surface area contributed by atoms with Crippen molar-refractivity contribution in [3.63, 3.8) is 0 Å². The number of rotatable bonds is 7. The third-order valence-electron chi connectivity index (χ3n) is 3.12. The molecule has 140 valence electrons. The summed E-state index contributed by atoms with van der Waals surface area (Å²) in [4.78, 5) is 12.1. The van der Waals surface area contributed by atoms with Crippen molar-refractivity contribution in [1.82, 2.24) is 4.72 Å². The van der Waals surface area contributed by atoms with Gasteiger partial charge in [0.15, 0.2) is 6.61 Å². The summed E-state index contributed by atoms with van der Waals surface area (Å²) in [5.41, 5.74) is 0.383. The molecule has 9 heteroatoms. The fourth-order valence-electron chi connectivity index (χ4n) is 2.03. The molecule has 2 aromatic rings. The number of anilines is 1. The zero-order valence-corrected chi connectivity index (χ0v) is 16.5. The minimum atomic E-state index is -3.57. The fraction of sp³-hybridized carbons (Fsp3) is 0.235. The summed E-state index contributed by atoms with van der Waals surface area (Å²) >= 11 is 11.9. The summed E-state index contributed by atoms with van der Waals surface area (Å²) in [6.45, 7) is 3.21. The quantitative estimate of drug-likeness (QED) is 0.720. The van der Waals surface area contributed by atoms with Crippen molar-refractivity contribution in [1.29, 1.82) is 0 Å². The summed E-state index contributed by atoms with van der Waals surface area (Å²) in [6, 6.07) is 10.5. The van der Waals surface area contributed by atoms with Crippen LogP contribution in [0.1, 0.15) is 13.8 Å². The largest absolute Gasteiger partial charge is 0.484 e. The number of hydrogen-bond donors (Lipinski definition) is 2. The van der Waals surface area contributed by atoms with Gasteiger partial charge in [0.1, 0.15) is 5.75 Å². The van der Waals surface area contributed by atoms with E-state index in [0.717, 1.165) is 0 Å². The maximum atomic E-state index is 12.0. The number of ether oxygens (including phenoxy) is 1. The van der Waals surface area contributed by atoms with E-state index in [4.69, 9.17) is 27.9 Å². The molecule has 0 fully saturated rings. The van der Waals surface area contributed by atoms with Gasteiger partial charge in [0.25, 0.3) is 5.91 Å².